The SMILES string of the molecule is COc1cncc(C(C)CN)c1. The summed E-state index contributed by atoms with van der Waals surface area (Å²) in [7, 11) is 1.63. The Labute approximate surface area is 72.6 Å². The van der Waals surface area contributed by atoms with E-state index in [0.717, 1.165) is 11.3 Å². The Morgan fingerprint density at radius 3 is 2.92 bits per heavy atom. The summed E-state index contributed by atoms with van der Waals surface area (Å²) in [6.07, 6.45) is 3.51. The molecule has 0 saturated carbocycles. The molecule has 0 aliphatic rings. The van der Waals surface area contributed by atoms with Gasteiger partial charge in [0, 0.05) is 6.20 Å². The van der Waals surface area contributed by atoms with Crippen molar-refractivity contribution in [2.45, 2.75) is 12.8 Å². The maximum absolute atomic E-state index is 5.53. The standard InChI is InChI=1S/C9H14N2O/c1-7(4-10)8-3-9(12-2)6-11-5-8/h3,5-7H,4,10H2,1-2H3. The molecular formula is C9H14N2O. The van der Waals surface area contributed by atoms with E-state index in [4.69, 9.17) is 10.5 Å². The van der Waals surface area contributed by atoms with Crippen molar-refractivity contribution in [3.63, 3.8) is 0 Å². The van der Waals surface area contributed by atoms with Gasteiger partial charge in [-0.3, -0.25) is 4.98 Å². The molecule has 0 amide bonds. The molecule has 0 aliphatic heterocycles. The number of nitrogens with two attached hydrogens (primary N) is 1. The smallest absolute Gasteiger partial charge is 0.137 e. The molecular weight excluding hydrogens is 152 g/mol. The Balaban J connectivity index is 2.86. The number of ether oxygens (including phenoxy) is 1. The molecule has 12 heavy (non-hydrogen) atoms. The summed E-state index contributed by atoms with van der Waals surface area (Å²) in [5.41, 5.74) is 6.65. The van der Waals surface area contributed by atoms with E-state index in [2.05, 4.69) is 11.9 Å². The molecule has 0 bridgehead atoms. The van der Waals surface area contributed by atoms with Crippen LogP contribution in [0.15, 0.2) is 18.5 Å². The van der Waals surface area contributed by atoms with Crippen molar-refractivity contribution in [2.75, 3.05) is 13.7 Å². The molecule has 1 aromatic heterocycles. The predicted molar refractivity (Wildman–Crippen MR) is 48.3 cm³/mol. The summed E-state index contributed by atoms with van der Waals surface area (Å²) in [5, 5.41) is 0. The van der Waals surface area contributed by atoms with Gasteiger partial charge in [0.05, 0.1) is 13.3 Å². The number of methoxy groups -OCH3 is 1. The minimum absolute atomic E-state index is 0.340. The first-order valence-electron chi connectivity index (χ1n) is 3.97. The van der Waals surface area contributed by atoms with Gasteiger partial charge in [0.25, 0.3) is 0 Å². The second-order valence-electron chi connectivity index (χ2n) is 2.79. The van der Waals surface area contributed by atoms with Gasteiger partial charge in [0.1, 0.15) is 5.75 Å². The summed E-state index contributed by atoms with van der Waals surface area (Å²) in [5.74, 6) is 1.13. The zero-order valence-corrected chi connectivity index (χ0v) is 7.45. The molecule has 1 aromatic rings. The molecule has 66 valence electrons. The minimum atomic E-state index is 0.340. The van der Waals surface area contributed by atoms with E-state index in [9.17, 15) is 0 Å². The van der Waals surface area contributed by atoms with Gasteiger partial charge in [-0.1, -0.05) is 6.92 Å². The molecule has 1 rings (SSSR count). The molecule has 3 heteroatoms. The van der Waals surface area contributed by atoms with E-state index in [1.54, 1.807) is 13.3 Å². The van der Waals surface area contributed by atoms with Crippen LogP contribution >= 0.6 is 0 Å². The molecule has 0 radical (unpaired) electrons. The Morgan fingerprint density at radius 1 is 1.58 bits per heavy atom. The lowest BCUT2D eigenvalue weighted by Gasteiger charge is -2.08. The van der Waals surface area contributed by atoms with Crippen molar-refractivity contribution < 1.29 is 4.74 Å². The molecule has 2 N–H and O–H groups in total. The predicted octanol–water partition coefficient (Wildman–Crippen LogP) is 1.15. The lowest BCUT2D eigenvalue weighted by molar-refractivity contribution is 0.412. The van der Waals surface area contributed by atoms with Crippen LogP contribution in [0.1, 0.15) is 18.4 Å². The molecule has 0 aliphatic carbocycles. The van der Waals surface area contributed by atoms with Gasteiger partial charge in [-0.2, -0.15) is 0 Å². The van der Waals surface area contributed by atoms with Gasteiger partial charge in [-0.15, -0.1) is 0 Å². The van der Waals surface area contributed by atoms with Gasteiger partial charge in [0.15, 0.2) is 0 Å². The molecule has 1 heterocycles. The fourth-order valence-corrected chi connectivity index (χ4v) is 0.953. The highest BCUT2D eigenvalue weighted by molar-refractivity contribution is 5.25. The third-order valence-corrected chi connectivity index (χ3v) is 1.89. The third-order valence-electron chi connectivity index (χ3n) is 1.89. The van der Waals surface area contributed by atoms with E-state index in [1.165, 1.54) is 0 Å². The molecule has 1 unspecified atom stereocenters. The van der Waals surface area contributed by atoms with E-state index >= 15 is 0 Å². The van der Waals surface area contributed by atoms with Crippen molar-refractivity contribution in [3.05, 3.63) is 24.0 Å². The first kappa shape index (κ1) is 9.00. The van der Waals surface area contributed by atoms with Crippen LogP contribution < -0.4 is 10.5 Å². The topological polar surface area (TPSA) is 48.1 Å². The van der Waals surface area contributed by atoms with Crippen molar-refractivity contribution in [1.29, 1.82) is 0 Å². The third kappa shape index (κ3) is 1.95. The maximum Gasteiger partial charge on any atom is 0.137 e. The van der Waals surface area contributed by atoms with Crippen molar-refractivity contribution >= 4 is 0 Å². The van der Waals surface area contributed by atoms with Crippen LogP contribution in [0.5, 0.6) is 5.75 Å². The molecule has 0 saturated heterocycles. The lowest BCUT2D eigenvalue weighted by atomic mass is 10.0. The van der Waals surface area contributed by atoms with Crippen LogP contribution in [-0.2, 0) is 0 Å². The Bertz CT molecular complexity index is 250. The highest BCUT2D eigenvalue weighted by atomic mass is 16.5. The van der Waals surface area contributed by atoms with Crippen LogP contribution in [0.4, 0.5) is 0 Å². The average Bonchev–Trinajstić information content (AvgIpc) is 2.17. The van der Waals surface area contributed by atoms with Crippen LogP contribution in [0.3, 0.4) is 0 Å². The minimum Gasteiger partial charge on any atom is -0.495 e. The zero-order chi connectivity index (χ0) is 8.97. The van der Waals surface area contributed by atoms with Gasteiger partial charge in [-0.25, -0.2) is 0 Å². The summed E-state index contributed by atoms with van der Waals surface area (Å²) >= 11 is 0. The number of rotatable bonds is 3. The number of nitrogens with zero attached hydrogens (tertiary/aromatic N) is 1. The normalized spacial score (nSPS) is 12.6. The second-order valence-corrected chi connectivity index (χ2v) is 2.79. The Kier molecular flexibility index (Phi) is 3.05. The van der Waals surface area contributed by atoms with E-state index in [0.29, 0.717) is 12.5 Å². The first-order valence-corrected chi connectivity index (χ1v) is 3.97. The van der Waals surface area contributed by atoms with Crippen LogP contribution in [0, 0.1) is 0 Å². The highest BCUT2D eigenvalue weighted by Crippen LogP contribution is 2.17. The lowest BCUT2D eigenvalue weighted by Crippen LogP contribution is -2.09. The van der Waals surface area contributed by atoms with Crippen LogP contribution in [-0.4, -0.2) is 18.6 Å². The molecule has 3 nitrogen and oxygen atoms in total. The second kappa shape index (κ2) is 4.07. The van der Waals surface area contributed by atoms with Crippen LogP contribution in [0.2, 0.25) is 0 Å². The highest BCUT2D eigenvalue weighted by Gasteiger charge is 2.03. The van der Waals surface area contributed by atoms with E-state index in [1.807, 2.05) is 12.3 Å². The van der Waals surface area contributed by atoms with Gasteiger partial charge in [-0.05, 0) is 24.1 Å². The number of hydrogen-bond acceptors (Lipinski definition) is 3. The largest absolute Gasteiger partial charge is 0.495 e. The van der Waals surface area contributed by atoms with Crippen molar-refractivity contribution in [2.24, 2.45) is 5.73 Å². The summed E-state index contributed by atoms with van der Waals surface area (Å²) in [4.78, 5) is 4.04. The van der Waals surface area contributed by atoms with Gasteiger partial charge >= 0.3 is 0 Å². The Morgan fingerprint density at radius 2 is 2.33 bits per heavy atom. The molecule has 1 atom stereocenters. The Hall–Kier alpha value is -1.09. The quantitative estimate of drug-likeness (QED) is 0.732. The van der Waals surface area contributed by atoms with Crippen molar-refractivity contribution in [1.82, 2.24) is 4.98 Å². The summed E-state index contributed by atoms with van der Waals surface area (Å²) < 4.78 is 5.05. The van der Waals surface area contributed by atoms with Gasteiger partial charge in [0.2, 0.25) is 0 Å². The number of aromatic nitrogens is 1. The summed E-state index contributed by atoms with van der Waals surface area (Å²) in [6.45, 7) is 2.70. The molecule has 0 spiro atoms. The zero-order valence-electron chi connectivity index (χ0n) is 7.45. The fourth-order valence-electron chi connectivity index (χ4n) is 0.953. The molecule has 0 fully saturated rings. The average molecular weight is 166 g/mol. The monoisotopic (exact) mass is 166 g/mol. The maximum atomic E-state index is 5.53. The van der Waals surface area contributed by atoms with E-state index in [-0.39, 0.29) is 0 Å². The number of pyridine rings is 1. The summed E-state index contributed by atoms with van der Waals surface area (Å²) in [6, 6.07) is 1.96. The van der Waals surface area contributed by atoms with E-state index < -0.39 is 0 Å². The first-order chi connectivity index (χ1) is 5.77. The number of hydrogen-bond donors (Lipinski definition) is 1. The fraction of sp³-hybridized carbons (Fsp3) is 0.444. The molecule has 0 aromatic carbocycles. The van der Waals surface area contributed by atoms with Crippen LogP contribution in [0.25, 0.3) is 0 Å². The van der Waals surface area contributed by atoms with Gasteiger partial charge < -0.3 is 10.5 Å². The van der Waals surface area contributed by atoms with Crippen molar-refractivity contribution in [3.8, 4) is 5.75 Å².